The third-order valence-corrected chi connectivity index (χ3v) is 4.12. The van der Waals surface area contributed by atoms with Gasteiger partial charge in [-0.05, 0) is 50.9 Å². The molecule has 2 N–H and O–H groups in total. The first-order valence-corrected chi connectivity index (χ1v) is 7.36. The molecule has 2 atom stereocenters. The van der Waals surface area contributed by atoms with Gasteiger partial charge in [-0.1, -0.05) is 18.1 Å². The Morgan fingerprint density at radius 2 is 2.22 bits per heavy atom. The summed E-state index contributed by atoms with van der Waals surface area (Å²) in [5, 5.41) is 12.6. The van der Waals surface area contributed by atoms with E-state index >= 15 is 0 Å². The Kier molecular flexibility index (Phi) is 5.24. The van der Waals surface area contributed by atoms with Crippen molar-refractivity contribution in [3.63, 3.8) is 0 Å². The minimum absolute atomic E-state index is 0.151. The van der Waals surface area contributed by atoms with E-state index in [0.29, 0.717) is 12.3 Å². The predicted molar refractivity (Wildman–Crippen MR) is 72.1 cm³/mol. The molecule has 0 aromatic carbocycles. The Balaban J connectivity index is 1.66. The Hall–Kier alpha value is -0.830. The Labute approximate surface area is 110 Å². The number of rotatable bonds is 4. The van der Waals surface area contributed by atoms with Gasteiger partial charge in [0, 0.05) is 13.0 Å². The smallest absolute Gasteiger partial charge is 0.224 e. The largest absolute Gasteiger partial charge is 0.393 e. The van der Waals surface area contributed by atoms with Crippen LogP contribution in [0.1, 0.15) is 57.8 Å². The molecule has 0 bridgehead atoms. The third-order valence-electron chi connectivity index (χ3n) is 4.12. The summed E-state index contributed by atoms with van der Waals surface area (Å²) < 4.78 is 0. The van der Waals surface area contributed by atoms with Crippen LogP contribution in [0.5, 0.6) is 0 Å². The van der Waals surface area contributed by atoms with E-state index in [1.807, 2.05) is 0 Å². The van der Waals surface area contributed by atoms with Crippen LogP contribution < -0.4 is 5.32 Å². The monoisotopic (exact) mass is 251 g/mol. The fourth-order valence-corrected chi connectivity index (χ4v) is 3.04. The van der Waals surface area contributed by atoms with Crippen molar-refractivity contribution in [2.45, 2.75) is 63.9 Å². The number of nitrogens with one attached hydrogen (secondary N) is 1. The zero-order valence-electron chi connectivity index (χ0n) is 11.2. The van der Waals surface area contributed by atoms with Crippen molar-refractivity contribution < 1.29 is 9.90 Å². The average molecular weight is 251 g/mol. The van der Waals surface area contributed by atoms with Crippen LogP contribution in [0.2, 0.25) is 0 Å². The van der Waals surface area contributed by atoms with Crippen LogP contribution in [-0.2, 0) is 4.79 Å². The SMILES string of the molecule is O=C(CC1=CCCCC1)NC[C@@H]1CCC[C@H](O)C1. The van der Waals surface area contributed by atoms with Crippen molar-refractivity contribution >= 4 is 5.91 Å². The van der Waals surface area contributed by atoms with Crippen LogP contribution in [-0.4, -0.2) is 23.7 Å². The molecule has 0 heterocycles. The number of carbonyl (C=O) groups excluding carboxylic acids is 1. The van der Waals surface area contributed by atoms with Crippen LogP contribution in [0, 0.1) is 5.92 Å². The molecule has 2 aliphatic rings. The summed E-state index contributed by atoms with van der Waals surface area (Å²) in [6.07, 6.45) is 11.4. The lowest BCUT2D eigenvalue weighted by molar-refractivity contribution is -0.120. The van der Waals surface area contributed by atoms with Crippen LogP contribution >= 0.6 is 0 Å². The van der Waals surface area contributed by atoms with E-state index in [9.17, 15) is 9.90 Å². The summed E-state index contributed by atoms with van der Waals surface area (Å²) in [6, 6.07) is 0. The van der Waals surface area contributed by atoms with Gasteiger partial charge in [-0.2, -0.15) is 0 Å². The average Bonchev–Trinajstić information content (AvgIpc) is 2.38. The molecule has 1 fully saturated rings. The van der Waals surface area contributed by atoms with Crippen molar-refractivity contribution in [1.82, 2.24) is 5.32 Å². The van der Waals surface area contributed by atoms with Gasteiger partial charge in [-0.15, -0.1) is 0 Å². The van der Waals surface area contributed by atoms with Gasteiger partial charge in [0.05, 0.1) is 6.10 Å². The van der Waals surface area contributed by atoms with Gasteiger partial charge >= 0.3 is 0 Å². The molecule has 0 saturated heterocycles. The van der Waals surface area contributed by atoms with E-state index < -0.39 is 0 Å². The van der Waals surface area contributed by atoms with E-state index in [0.717, 1.165) is 45.1 Å². The van der Waals surface area contributed by atoms with E-state index in [2.05, 4.69) is 11.4 Å². The molecule has 3 nitrogen and oxygen atoms in total. The van der Waals surface area contributed by atoms with E-state index in [4.69, 9.17) is 0 Å². The number of hydrogen-bond acceptors (Lipinski definition) is 2. The molecule has 18 heavy (non-hydrogen) atoms. The molecule has 2 aliphatic carbocycles. The molecule has 0 aliphatic heterocycles. The highest BCUT2D eigenvalue weighted by atomic mass is 16.3. The van der Waals surface area contributed by atoms with Crippen molar-refractivity contribution in [3.8, 4) is 0 Å². The molecular formula is C15H25NO2. The first-order valence-electron chi connectivity index (χ1n) is 7.36. The third kappa shape index (κ3) is 4.45. The quantitative estimate of drug-likeness (QED) is 0.754. The van der Waals surface area contributed by atoms with Gasteiger partial charge < -0.3 is 10.4 Å². The molecule has 102 valence electrons. The maximum Gasteiger partial charge on any atom is 0.224 e. The Morgan fingerprint density at radius 3 is 2.94 bits per heavy atom. The maximum absolute atomic E-state index is 11.8. The second kappa shape index (κ2) is 6.93. The van der Waals surface area contributed by atoms with Crippen LogP contribution in [0.25, 0.3) is 0 Å². The summed E-state index contributed by atoms with van der Waals surface area (Å²) in [7, 11) is 0. The molecule has 2 rings (SSSR count). The minimum atomic E-state index is -0.151. The van der Waals surface area contributed by atoms with Gasteiger partial charge in [0.25, 0.3) is 0 Å². The summed E-state index contributed by atoms with van der Waals surface area (Å²) >= 11 is 0. The maximum atomic E-state index is 11.8. The zero-order chi connectivity index (χ0) is 12.8. The van der Waals surface area contributed by atoms with Gasteiger partial charge in [0.2, 0.25) is 5.91 Å². The van der Waals surface area contributed by atoms with Crippen molar-refractivity contribution in [2.75, 3.05) is 6.54 Å². The van der Waals surface area contributed by atoms with Crippen LogP contribution in [0.15, 0.2) is 11.6 Å². The molecule has 1 amide bonds. The fraction of sp³-hybridized carbons (Fsp3) is 0.800. The second-order valence-corrected chi connectivity index (χ2v) is 5.78. The highest BCUT2D eigenvalue weighted by Crippen LogP contribution is 2.24. The highest BCUT2D eigenvalue weighted by Gasteiger charge is 2.20. The lowest BCUT2D eigenvalue weighted by Gasteiger charge is -2.26. The molecular weight excluding hydrogens is 226 g/mol. The Bertz CT molecular complexity index is 312. The van der Waals surface area contributed by atoms with E-state index in [1.54, 1.807) is 0 Å². The molecule has 0 radical (unpaired) electrons. The highest BCUT2D eigenvalue weighted by molar-refractivity contribution is 5.78. The Morgan fingerprint density at radius 1 is 1.33 bits per heavy atom. The van der Waals surface area contributed by atoms with Crippen LogP contribution in [0.4, 0.5) is 0 Å². The van der Waals surface area contributed by atoms with E-state index in [-0.39, 0.29) is 12.0 Å². The standard InChI is InChI=1S/C15H25NO2/c17-14-8-4-7-13(9-14)11-16-15(18)10-12-5-2-1-3-6-12/h5,13-14,17H,1-4,6-11H2,(H,16,18)/t13-,14+/m1/s1. The lowest BCUT2D eigenvalue weighted by atomic mass is 9.87. The number of aliphatic hydroxyl groups is 1. The number of hydrogen-bond donors (Lipinski definition) is 2. The number of allylic oxidation sites excluding steroid dienone is 1. The predicted octanol–water partition coefficient (Wildman–Crippen LogP) is 2.54. The first kappa shape index (κ1) is 13.6. The molecule has 3 heteroatoms. The van der Waals surface area contributed by atoms with Gasteiger partial charge in [-0.25, -0.2) is 0 Å². The minimum Gasteiger partial charge on any atom is -0.393 e. The number of amides is 1. The normalized spacial score (nSPS) is 28.6. The second-order valence-electron chi connectivity index (χ2n) is 5.78. The van der Waals surface area contributed by atoms with E-state index in [1.165, 1.54) is 18.4 Å². The summed E-state index contributed by atoms with van der Waals surface area (Å²) in [5.74, 6) is 0.626. The van der Waals surface area contributed by atoms with Gasteiger partial charge in [0.15, 0.2) is 0 Å². The van der Waals surface area contributed by atoms with Crippen molar-refractivity contribution in [2.24, 2.45) is 5.92 Å². The fourth-order valence-electron chi connectivity index (χ4n) is 3.04. The van der Waals surface area contributed by atoms with Gasteiger partial charge in [-0.3, -0.25) is 4.79 Å². The molecule has 0 unspecified atom stereocenters. The molecule has 0 spiro atoms. The zero-order valence-corrected chi connectivity index (χ0v) is 11.2. The van der Waals surface area contributed by atoms with Gasteiger partial charge in [0.1, 0.15) is 0 Å². The molecule has 0 aromatic rings. The summed E-state index contributed by atoms with van der Waals surface area (Å²) in [5.41, 5.74) is 1.31. The molecule has 0 aromatic heterocycles. The van der Waals surface area contributed by atoms with Crippen molar-refractivity contribution in [1.29, 1.82) is 0 Å². The topological polar surface area (TPSA) is 49.3 Å². The number of carbonyl (C=O) groups is 1. The lowest BCUT2D eigenvalue weighted by Crippen LogP contribution is -2.33. The number of aliphatic hydroxyl groups excluding tert-OH is 1. The molecule has 1 saturated carbocycles. The summed E-state index contributed by atoms with van der Waals surface area (Å²) in [4.78, 5) is 11.8. The first-order chi connectivity index (χ1) is 8.74. The summed E-state index contributed by atoms with van der Waals surface area (Å²) in [6.45, 7) is 0.739. The van der Waals surface area contributed by atoms with Crippen LogP contribution in [0.3, 0.4) is 0 Å². The van der Waals surface area contributed by atoms with Crippen molar-refractivity contribution in [3.05, 3.63) is 11.6 Å².